The van der Waals surface area contributed by atoms with Gasteiger partial charge < -0.3 is 98.6 Å². The first-order valence-corrected chi connectivity index (χ1v) is 36.1. The molecule has 0 spiro atoms. The number of amides is 12. The van der Waals surface area contributed by atoms with Gasteiger partial charge in [0, 0.05) is 6.92 Å². The maximum Gasteiger partial charge on any atom is 0.243 e. The van der Waals surface area contributed by atoms with Gasteiger partial charge in [-0.3, -0.25) is 57.5 Å². The van der Waals surface area contributed by atoms with Crippen molar-refractivity contribution in [1.29, 1.82) is 0 Å². The molecule has 0 radical (unpaired) electrons. The zero-order valence-corrected chi connectivity index (χ0v) is 61.2. The third kappa shape index (κ3) is 40.5. The number of hydrogen-bond acceptors (Lipinski definition) is 18. The van der Waals surface area contributed by atoms with Crippen LogP contribution in [0, 0.1) is 29.6 Å². The third-order valence-electron chi connectivity index (χ3n) is 16.3. The van der Waals surface area contributed by atoms with E-state index in [1.807, 2.05) is 69.2 Å². The van der Waals surface area contributed by atoms with E-state index in [2.05, 4.69) is 58.5 Å². The van der Waals surface area contributed by atoms with Gasteiger partial charge in [0.2, 0.25) is 70.9 Å². The third-order valence-corrected chi connectivity index (χ3v) is 16.3. The first kappa shape index (κ1) is 91.4. The van der Waals surface area contributed by atoms with Crippen LogP contribution < -0.4 is 98.6 Å². The summed E-state index contributed by atoms with van der Waals surface area (Å²) < 4.78 is 0. The number of nitrogens with one attached hydrogen (secondary N) is 11. The monoisotopic (exact) mass is 1390 g/mol. The second kappa shape index (κ2) is 52.4. The molecule has 98 heavy (non-hydrogen) atoms. The van der Waals surface area contributed by atoms with Crippen LogP contribution in [-0.2, 0) is 57.5 Å². The molecule has 566 valence electrons. The highest BCUT2D eigenvalue weighted by Gasteiger charge is 2.37. The lowest BCUT2D eigenvalue weighted by Crippen LogP contribution is -2.61. The van der Waals surface area contributed by atoms with Gasteiger partial charge in [-0.1, -0.05) is 69.2 Å². The van der Waals surface area contributed by atoms with Crippen LogP contribution in [0.25, 0.3) is 0 Å². The fourth-order valence-corrected chi connectivity index (χ4v) is 11.1. The van der Waals surface area contributed by atoms with Crippen molar-refractivity contribution in [3.63, 3.8) is 0 Å². The minimum absolute atomic E-state index is 0.00465. The molecule has 0 bridgehead atoms. The summed E-state index contributed by atoms with van der Waals surface area (Å²) in [6, 6.07) is -12.8. The van der Waals surface area contributed by atoms with E-state index in [4.69, 9.17) is 40.1 Å². The Balaban J connectivity index is 7.19. The van der Waals surface area contributed by atoms with E-state index in [1.165, 1.54) is 6.92 Å². The molecule has 0 rings (SSSR count). The number of primary amides is 1. The van der Waals surface area contributed by atoms with Crippen molar-refractivity contribution < 1.29 is 57.5 Å². The van der Waals surface area contributed by atoms with Gasteiger partial charge in [-0.15, -0.1) is 0 Å². The van der Waals surface area contributed by atoms with Crippen molar-refractivity contribution >= 4 is 70.9 Å². The van der Waals surface area contributed by atoms with Crippen molar-refractivity contribution in [3.8, 4) is 0 Å². The van der Waals surface area contributed by atoms with E-state index in [0.29, 0.717) is 110 Å². The summed E-state index contributed by atoms with van der Waals surface area (Å²) >= 11 is 0. The number of nitrogens with two attached hydrogens (primary N) is 7. The van der Waals surface area contributed by atoms with Gasteiger partial charge in [-0.2, -0.15) is 0 Å². The van der Waals surface area contributed by atoms with Crippen molar-refractivity contribution in [2.24, 2.45) is 69.7 Å². The molecule has 0 aliphatic carbocycles. The second-order valence-corrected chi connectivity index (χ2v) is 28.1. The minimum Gasteiger partial charge on any atom is -0.368 e. The SMILES string of the molecule is CC(=O)N[C@@H](CC(C)C)C(=O)N[C@@H](CCCCN)C(=O)N[C@@H](CCCCN)C(=O)N[C@@H](CC(C)C)C(=O)N[C@@H](CC(C)C)C(=O)N[C@@H](CCCCN)C(=O)N[C@@H](CCCCN)C(=O)N[C@@H](CC(C)C)C(=O)N[C@@H](CCCCN)C(=O)N[C@@H](CCCCN)C(=O)N[C@@H](CC(C)C)C(N)=O. The molecule has 11 atom stereocenters. The Morgan fingerprint density at radius 2 is 0.367 bits per heavy atom. The van der Waals surface area contributed by atoms with Gasteiger partial charge in [-0.05, 0) is 217 Å². The standard InChI is InChI=1S/C68H132N18O12/c1-41(2)36-53(58(75)88)83-62(92)50(27-15-21-33-72)77-60(90)48(25-13-19-31-70)81-66(96)55(38-43(5)6)84-63(93)51(28-16-22-34-73)79-61(91)49(26-14-20-32-71)82-67(97)56(39-44(7)8)86-68(98)57(40-45(9)10)85-64(94)52(29-17-23-35-74)78-59(89)47(24-12-18-30-69)80-65(95)54(37-42(3)4)76-46(11)87/h41-45,47-57H,12-40,69-74H2,1-11H3,(H2,75,88)(H,76,87)(H,77,90)(H,78,89)(H,79,91)(H,80,95)(H,81,96)(H,82,97)(H,83,92)(H,84,93)(H,85,94)(H,86,98)/t47-,48-,49-,50-,51-,52-,53-,54-,55-,56-,57-/m0/s1. The van der Waals surface area contributed by atoms with Crippen molar-refractivity contribution in [1.82, 2.24) is 58.5 Å². The van der Waals surface area contributed by atoms with Crippen LogP contribution in [0.4, 0.5) is 0 Å². The molecule has 0 aromatic rings. The average Bonchev–Trinajstić information content (AvgIpc) is 0.867. The molecular weight excluding hydrogens is 1260 g/mol. The van der Waals surface area contributed by atoms with Gasteiger partial charge in [-0.25, -0.2) is 0 Å². The van der Waals surface area contributed by atoms with E-state index >= 15 is 0 Å². The Morgan fingerprint density at radius 3 is 0.520 bits per heavy atom. The van der Waals surface area contributed by atoms with E-state index in [1.54, 1.807) is 0 Å². The van der Waals surface area contributed by atoms with Crippen LogP contribution in [0.5, 0.6) is 0 Å². The Morgan fingerprint density at radius 1 is 0.224 bits per heavy atom. The zero-order chi connectivity index (χ0) is 74.5. The summed E-state index contributed by atoms with van der Waals surface area (Å²) in [4.78, 5) is 168. The highest BCUT2D eigenvalue weighted by molar-refractivity contribution is 5.99. The normalized spacial score (nSPS) is 14.9. The number of unbranched alkanes of at least 4 members (excludes halogenated alkanes) is 6. The molecule has 0 saturated carbocycles. The van der Waals surface area contributed by atoms with Crippen LogP contribution in [-0.4, -0.2) is 177 Å². The molecule has 0 fully saturated rings. The highest BCUT2D eigenvalue weighted by Crippen LogP contribution is 2.16. The molecule has 0 aliphatic heterocycles. The zero-order valence-electron chi connectivity index (χ0n) is 61.2. The maximum absolute atomic E-state index is 14.7. The Hall–Kier alpha value is -6.60. The summed E-state index contributed by atoms with van der Waals surface area (Å²) in [5, 5.41) is 30.6. The Labute approximate surface area is 584 Å². The predicted molar refractivity (Wildman–Crippen MR) is 381 cm³/mol. The predicted octanol–water partition coefficient (Wildman–Crippen LogP) is -0.171. The first-order valence-electron chi connectivity index (χ1n) is 36.1. The summed E-state index contributed by atoms with van der Waals surface area (Å²) in [7, 11) is 0. The number of rotatable bonds is 56. The molecule has 12 amide bonds. The lowest BCUT2D eigenvalue weighted by atomic mass is 9.98. The van der Waals surface area contributed by atoms with Crippen LogP contribution >= 0.6 is 0 Å². The summed E-state index contributed by atoms with van der Waals surface area (Å²) in [5.41, 5.74) is 40.6. The lowest BCUT2D eigenvalue weighted by Gasteiger charge is -2.29. The van der Waals surface area contributed by atoms with Gasteiger partial charge in [0.15, 0.2) is 0 Å². The summed E-state index contributed by atoms with van der Waals surface area (Å²) in [6.45, 7) is 21.6. The number of carbonyl (C=O) groups is 12. The van der Waals surface area contributed by atoms with E-state index in [-0.39, 0.29) is 107 Å². The molecular formula is C68H132N18O12. The second-order valence-electron chi connectivity index (χ2n) is 28.1. The highest BCUT2D eigenvalue weighted by atomic mass is 16.2. The number of hydrogen-bond donors (Lipinski definition) is 18. The smallest absolute Gasteiger partial charge is 0.243 e. The molecule has 30 heteroatoms. The topological polar surface area (TPSA) is 519 Å². The van der Waals surface area contributed by atoms with Gasteiger partial charge in [0.1, 0.15) is 66.5 Å². The van der Waals surface area contributed by atoms with E-state index < -0.39 is 137 Å². The molecule has 0 heterocycles. The van der Waals surface area contributed by atoms with E-state index in [0.717, 1.165) is 0 Å². The Kier molecular flexibility index (Phi) is 48.9. The van der Waals surface area contributed by atoms with E-state index in [9.17, 15) is 57.5 Å². The van der Waals surface area contributed by atoms with Crippen LogP contribution in [0.2, 0.25) is 0 Å². The first-order chi connectivity index (χ1) is 46.3. The van der Waals surface area contributed by atoms with Gasteiger partial charge in [0.05, 0.1) is 0 Å². The molecule has 0 aromatic carbocycles. The molecule has 0 aliphatic rings. The summed E-state index contributed by atoms with van der Waals surface area (Å²) in [6.07, 6.45) is 7.02. The Bertz CT molecular complexity index is 2400. The van der Waals surface area contributed by atoms with Crippen LogP contribution in [0.15, 0.2) is 0 Å². The number of carbonyl (C=O) groups excluding carboxylic acids is 12. The molecule has 0 unspecified atom stereocenters. The van der Waals surface area contributed by atoms with Crippen LogP contribution in [0.3, 0.4) is 0 Å². The van der Waals surface area contributed by atoms with Crippen molar-refractivity contribution in [2.45, 2.75) is 290 Å². The van der Waals surface area contributed by atoms with Crippen molar-refractivity contribution in [3.05, 3.63) is 0 Å². The van der Waals surface area contributed by atoms with Gasteiger partial charge >= 0.3 is 0 Å². The maximum atomic E-state index is 14.7. The summed E-state index contributed by atoms with van der Waals surface area (Å²) in [5.74, 6) is -8.58. The fourth-order valence-electron chi connectivity index (χ4n) is 11.1. The minimum atomic E-state index is -1.27. The molecule has 0 aromatic heterocycles. The van der Waals surface area contributed by atoms with Crippen molar-refractivity contribution in [2.75, 3.05) is 39.3 Å². The molecule has 30 nitrogen and oxygen atoms in total. The average molecular weight is 1390 g/mol. The largest absolute Gasteiger partial charge is 0.368 e. The van der Waals surface area contributed by atoms with Crippen LogP contribution in [0.1, 0.15) is 224 Å². The fraction of sp³-hybridized carbons (Fsp3) is 0.824. The molecule has 25 N–H and O–H groups in total. The lowest BCUT2D eigenvalue weighted by molar-refractivity contribution is -0.136. The van der Waals surface area contributed by atoms with Gasteiger partial charge in [0.25, 0.3) is 0 Å². The quantitative estimate of drug-likeness (QED) is 0.0352. The molecule has 0 saturated heterocycles.